The van der Waals surface area contributed by atoms with Crippen molar-refractivity contribution in [2.24, 2.45) is 0 Å². The molecule has 2 heterocycles. The van der Waals surface area contributed by atoms with E-state index in [-0.39, 0.29) is 13.0 Å². The van der Waals surface area contributed by atoms with Crippen LogP contribution >= 0.6 is 23.2 Å². The third kappa shape index (κ3) is 7.80. The fourth-order valence-electron chi connectivity index (χ4n) is 3.72. The van der Waals surface area contributed by atoms with Crippen LogP contribution in [0.25, 0.3) is 0 Å². The van der Waals surface area contributed by atoms with Crippen molar-refractivity contribution in [2.45, 2.75) is 44.5 Å². The minimum atomic E-state index is -1.66. The number of rotatable bonds is 6. The number of nitrogens with zero attached hydrogens (tertiary/aromatic N) is 2. The standard InChI is InChI=1S/C28H26Cl2N2O6Si/c1-39(2,3)13-12-18-15-31-28(35)32(16-18)25-14-23(38-27(34)20-6-10-22(30)11-7-20)24(37-25)17-36-26(33)19-4-8-21(29)9-5-19/h4-11,15-16,23-25H,14,17H2,1-3H3/t23-,24+,25+/m0/s1. The van der Waals surface area contributed by atoms with Gasteiger partial charge in [-0.3, -0.25) is 4.57 Å². The van der Waals surface area contributed by atoms with Gasteiger partial charge in [-0.1, -0.05) is 48.8 Å². The monoisotopic (exact) mass is 584 g/mol. The minimum Gasteiger partial charge on any atom is -0.459 e. The van der Waals surface area contributed by atoms with Gasteiger partial charge in [0, 0.05) is 28.9 Å². The fraction of sp³-hybridized carbons (Fsp3) is 0.286. The summed E-state index contributed by atoms with van der Waals surface area (Å²) in [4.78, 5) is 42.0. The van der Waals surface area contributed by atoms with Gasteiger partial charge in [-0.05, 0) is 48.5 Å². The predicted octanol–water partition coefficient (Wildman–Crippen LogP) is 5.15. The number of esters is 2. The highest BCUT2D eigenvalue weighted by Crippen LogP contribution is 2.31. The van der Waals surface area contributed by atoms with Gasteiger partial charge in [-0.2, -0.15) is 0 Å². The van der Waals surface area contributed by atoms with E-state index in [1.165, 1.54) is 10.8 Å². The first-order chi connectivity index (χ1) is 18.5. The molecule has 1 fully saturated rings. The maximum atomic E-state index is 12.9. The van der Waals surface area contributed by atoms with Gasteiger partial charge < -0.3 is 14.2 Å². The van der Waals surface area contributed by atoms with Gasteiger partial charge >= 0.3 is 17.6 Å². The van der Waals surface area contributed by atoms with Gasteiger partial charge in [0.2, 0.25) is 0 Å². The molecule has 0 amide bonds. The molecule has 0 spiro atoms. The molecule has 1 aliphatic rings. The van der Waals surface area contributed by atoms with Crippen molar-refractivity contribution in [3.8, 4) is 11.5 Å². The van der Waals surface area contributed by atoms with Crippen LogP contribution in [0.2, 0.25) is 29.7 Å². The second kappa shape index (κ2) is 12.2. The average molecular weight is 586 g/mol. The maximum Gasteiger partial charge on any atom is 0.349 e. The van der Waals surface area contributed by atoms with E-state index in [1.54, 1.807) is 54.7 Å². The van der Waals surface area contributed by atoms with E-state index in [2.05, 4.69) is 36.1 Å². The lowest BCUT2D eigenvalue weighted by molar-refractivity contribution is -0.0582. The normalized spacial score (nSPS) is 18.6. The van der Waals surface area contributed by atoms with Gasteiger partial charge in [0.1, 0.15) is 33.1 Å². The van der Waals surface area contributed by atoms with Crippen LogP contribution in [0.3, 0.4) is 0 Å². The van der Waals surface area contributed by atoms with Crippen LogP contribution in [0.5, 0.6) is 0 Å². The lowest BCUT2D eigenvalue weighted by atomic mass is 10.1. The number of carbonyl (C=O) groups is 2. The molecule has 8 nitrogen and oxygen atoms in total. The maximum absolute atomic E-state index is 12.9. The molecule has 2 aromatic carbocycles. The highest BCUT2D eigenvalue weighted by Gasteiger charge is 2.40. The molecule has 0 saturated carbocycles. The Balaban J connectivity index is 1.55. The van der Waals surface area contributed by atoms with Crippen LogP contribution < -0.4 is 5.69 Å². The molecular weight excluding hydrogens is 559 g/mol. The highest BCUT2D eigenvalue weighted by molar-refractivity contribution is 6.83. The Hall–Kier alpha value is -3.42. The second-order valence-electron chi connectivity index (χ2n) is 9.95. The zero-order valence-corrected chi connectivity index (χ0v) is 24.0. The van der Waals surface area contributed by atoms with E-state index >= 15 is 0 Å². The summed E-state index contributed by atoms with van der Waals surface area (Å²) in [7, 11) is -1.66. The molecule has 11 heteroatoms. The van der Waals surface area contributed by atoms with E-state index in [9.17, 15) is 14.4 Å². The van der Waals surface area contributed by atoms with E-state index in [1.807, 2.05) is 0 Å². The molecule has 39 heavy (non-hydrogen) atoms. The number of halogens is 2. The first-order valence-electron chi connectivity index (χ1n) is 12.1. The van der Waals surface area contributed by atoms with Crippen LogP contribution in [0.15, 0.2) is 65.7 Å². The molecule has 4 rings (SSSR count). The Labute approximate surface area is 236 Å². The van der Waals surface area contributed by atoms with Gasteiger partial charge in [0.25, 0.3) is 0 Å². The lowest BCUT2D eigenvalue weighted by Crippen LogP contribution is -2.32. The van der Waals surface area contributed by atoms with Crippen molar-refractivity contribution in [3.63, 3.8) is 0 Å². The Kier molecular flexibility index (Phi) is 8.93. The summed E-state index contributed by atoms with van der Waals surface area (Å²) in [5.74, 6) is 1.88. The largest absolute Gasteiger partial charge is 0.459 e. The van der Waals surface area contributed by atoms with Gasteiger partial charge in [0.05, 0.1) is 16.7 Å². The molecule has 0 radical (unpaired) electrons. The molecule has 0 aliphatic carbocycles. The summed E-state index contributed by atoms with van der Waals surface area (Å²) in [5.41, 5.74) is 3.86. The third-order valence-electron chi connectivity index (χ3n) is 5.68. The fourth-order valence-corrected chi connectivity index (χ4v) is 4.50. The average Bonchev–Trinajstić information content (AvgIpc) is 3.29. The first kappa shape index (κ1) is 28.6. The molecule has 1 saturated heterocycles. The molecule has 3 atom stereocenters. The Morgan fingerprint density at radius 3 is 2.21 bits per heavy atom. The lowest BCUT2D eigenvalue weighted by Gasteiger charge is -2.19. The van der Waals surface area contributed by atoms with Crippen molar-refractivity contribution in [3.05, 3.63) is 98.1 Å². The van der Waals surface area contributed by atoms with Gasteiger partial charge in [0.15, 0.2) is 0 Å². The van der Waals surface area contributed by atoms with Crippen LogP contribution in [-0.2, 0) is 14.2 Å². The Morgan fingerprint density at radius 2 is 1.62 bits per heavy atom. The molecule has 0 unspecified atom stereocenters. The van der Waals surface area contributed by atoms with E-state index in [4.69, 9.17) is 37.4 Å². The van der Waals surface area contributed by atoms with Crippen molar-refractivity contribution in [2.75, 3.05) is 6.61 Å². The summed E-state index contributed by atoms with van der Waals surface area (Å²) in [5, 5.41) is 0.963. The SMILES string of the molecule is C[Si](C)(C)C#Cc1cnc(=O)n([C@H]2C[C@H](OC(=O)c3ccc(Cl)cc3)[C@@H](COC(=O)c3ccc(Cl)cc3)O2)c1. The van der Waals surface area contributed by atoms with Crippen molar-refractivity contribution in [1.82, 2.24) is 9.55 Å². The molecule has 3 aromatic rings. The first-order valence-corrected chi connectivity index (χ1v) is 16.4. The number of hydrogen-bond donors (Lipinski definition) is 0. The number of ether oxygens (including phenoxy) is 3. The number of hydrogen-bond acceptors (Lipinski definition) is 7. The summed E-state index contributed by atoms with van der Waals surface area (Å²) in [6.07, 6.45) is 0.652. The molecule has 0 bridgehead atoms. The third-order valence-corrected chi connectivity index (χ3v) is 7.06. The van der Waals surface area contributed by atoms with Crippen molar-refractivity contribution >= 4 is 43.2 Å². The minimum absolute atomic E-state index is 0.134. The molecule has 1 aromatic heterocycles. The van der Waals surface area contributed by atoms with Crippen LogP contribution in [0.4, 0.5) is 0 Å². The van der Waals surface area contributed by atoms with Crippen LogP contribution in [0.1, 0.15) is 38.9 Å². The summed E-state index contributed by atoms with van der Waals surface area (Å²) < 4.78 is 18.6. The van der Waals surface area contributed by atoms with Crippen LogP contribution in [-0.4, -0.2) is 48.4 Å². The number of carbonyl (C=O) groups excluding carboxylic acids is 2. The summed E-state index contributed by atoms with van der Waals surface area (Å²) in [6, 6.07) is 12.5. The van der Waals surface area contributed by atoms with Crippen molar-refractivity contribution in [1.29, 1.82) is 0 Å². The summed E-state index contributed by atoms with van der Waals surface area (Å²) >= 11 is 11.8. The molecular formula is C28H26Cl2N2O6Si. The number of aromatic nitrogens is 2. The topological polar surface area (TPSA) is 96.7 Å². The van der Waals surface area contributed by atoms with Crippen LogP contribution in [0, 0.1) is 11.5 Å². The molecule has 1 aliphatic heterocycles. The zero-order chi connectivity index (χ0) is 28.2. The Bertz CT molecular complexity index is 1470. The summed E-state index contributed by atoms with van der Waals surface area (Å²) in [6.45, 7) is 6.12. The van der Waals surface area contributed by atoms with Gasteiger partial charge in [-0.25, -0.2) is 19.4 Å². The van der Waals surface area contributed by atoms with Crippen molar-refractivity contribution < 1.29 is 23.8 Å². The van der Waals surface area contributed by atoms with E-state index in [0.717, 1.165) is 0 Å². The molecule has 0 N–H and O–H groups in total. The zero-order valence-electron chi connectivity index (χ0n) is 21.5. The molecule has 202 valence electrons. The quantitative estimate of drug-likeness (QED) is 0.224. The smallest absolute Gasteiger partial charge is 0.349 e. The second-order valence-corrected chi connectivity index (χ2v) is 15.6. The highest BCUT2D eigenvalue weighted by atomic mass is 35.5. The van der Waals surface area contributed by atoms with E-state index in [0.29, 0.717) is 26.7 Å². The Morgan fingerprint density at radius 1 is 1.03 bits per heavy atom. The number of benzene rings is 2. The van der Waals surface area contributed by atoms with Gasteiger partial charge in [-0.15, -0.1) is 5.54 Å². The van der Waals surface area contributed by atoms with E-state index < -0.39 is 44.1 Å². The predicted molar refractivity (Wildman–Crippen MR) is 150 cm³/mol.